The molecule has 1 unspecified atom stereocenters. The number of hydrazine groups is 1. The van der Waals surface area contributed by atoms with Gasteiger partial charge in [0, 0.05) is 0 Å². The number of imide groups is 1. The van der Waals surface area contributed by atoms with Gasteiger partial charge in [0.25, 0.3) is 5.91 Å². The number of rotatable bonds is 8. The molecule has 0 radical (unpaired) electrons. The first-order chi connectivity index (χ1) is 14.6. The molecule has 0 bridgehead atoms. The van der Waals surface area contributed by atoms with E-state index >= 15 is 0 Å². The molecule has 4 amide bonds. The number of anilines is 1. The Kier molecular flexibility index (Phi) is 6.69. The minimum absolute atomic E-state index is 0.0371. The molecule has 0 aliphatic carbocycles. The van der Waals surface area contributed by atoms with Gasteiger partial charge in [0.05, 0.1) is 5.75 Å². The number of urea groups is 1. The molecule has 9 nitrogen and oxygen atoms in total. The van der Waals surface area contributed by atoms with E-state index in [0.717, 1.165) is 23.1 Å². The van der Waals surface area contributed by atoms with Gasteiger partial charge < -0.3 is 10.6 Å². The summed E-state index contributed by atoms with van der Waals surface area (Å²) in [5.41, 5.74) is 1.58. The van der Waals surface area contributed by atoms with E-state index in [-0.39, 0.29) is 21.6 Å². The molecule has 1 aromatic heterocycles. The van der Waals surface area contributed by atoms with Crippen LogP contribution < -0.4 is 16.1 Å². The van der Waals surface area contributed by atoms with Gasteiger partial charge in [-0.1, -0.05) is 60.4 Å². The molecule has 3 N–H and O–H groups in total. The molecular formula is C17H17F3N6O3S2. The summed E-state index contributed by atoms with van der Waals surface area (Å²) in [6.45, 7) is 0.492. The predicted octanol–water partition coefficient (Wildman–Crippen LogP) is 2.49. The zero-order valence-corrected chi connectivity index (χ0v) is 17.7. The Morgan fingerprint density at radius 2 is 1.97 bits per heavy atom. The van der Waals surface area contributed by atoms with Crippen molar-refractivity contribution in [3.05, 3.63) is 35.9 Å². The number of nitrogens with one attached hydrogen (secondary N) is 3. The number of nitrogens with zero attached hydrogens (tertiary/aromatic N) is 3. The van der Waals surface area contributed by atoms with Crippen molar-refractivity contribution in [3.63, 3.8) is 0 Å². The van der Waals surface area contributed by atoms with E-state index in [2.05, 4.69) is 26.3 Å². The summed E-state index contributed by atoms with van der Waals surface area (Å²) in [7, 11) is 0. The highest BCUT2D eigenvalue weighted by atomic mass is 32.2. The fraction of sp³-hybridized carbons (Fsp3) is 0.353. The lowest BCUT2D eigenvalue weighted by Crippen LogP contribution is -2.49. The van der Waals surface area contributed by atoms with Crippen LogP contribution in [0.5, 0.6) is 0 Å². The van der Waals surface area contributed by atoms with Crippen molar-refractivity contribution in [2.45, 2.75) is 29.4 Å². The Hall–Kier alpha value is -2.87. The molecule has 1 atom stereocenters. The molecule has 0 saturated carbocycles. The molecule has 14 heteroatoms. The second-order valence-electron chi connectivity index (χ2n) is 6.36. The van der Waals surface area contributed by atoms with Crippen LogP contribution in [0.15, 0.2) is 34.7 Å². The van der Waals surface area contributed by atoms with Crippen LogP contribution in [0.25, 0.3) is 0 Å². The van der Waals surface area contributed by atoms with Crippen molar-refractivity contribution in [2.75, 3.05) is 17.6 Å². The lowest BCUT2D eigenvalue weighted by molar-refractivity contribution is -0.138. The Labute approximate surface area is 182 Å². The Balaban J connectivity index is 1.58. The Bertz CT molecular complexity index is 972. The van der Waals surface area contributed by atoms with E-state index in [9.17, 15) is 27.6 Å². The summed E-state index contributed by atoms with van der Waals surface area (Å²) in [5, 5.41) is 12.6. The Morgan fingerprint density at radius 1 is 1.26 bits per heavy atom. The lowest BCUT2D eigenvalue weighted by Gasteiger charge is -2.25. The average molecular weight is 474 g/mol. The summed E-state index contributed by atoms with van der Waals surface area (Å²) < 4.78 is 36.9. The van der Waals surface area contributed by atoms with E-state index in [4.69, 9.17) is 0 Å². The van der Waals surface area contributed by atoms with Crippen LogP contribution in [0.4, 0.5) is 23.1 Å². The first-order valence-electron chi connectivity index (χ1n) is 8.93. The molecule has 1 aliphatic rings. The van der Waals surface area contributed by atoms with Gasteiger partial charge in [-0.25, -0.2) is 4.79 Å². The van der Waals surface area contributed by atoms with Crippen LogP contribution in [0.3, 0.4) is 0 Å². The number of thioether (sulfide) groups is 1. The molecule has 0 spiro atoms. The minimum atomic E-state index is -4.39. The summed E-state index contributed by atoms with van der Waals surface area (Å²) in [5.74, 6) is -1.50. The number of hydrogen-bond acceptors (Lipinski definition) is 8. The van der Waals surface area contributed by atoms with Gasteiger partial charge in [-0.2, -0.15) is 18.2 Å². The summed E-state index contributed by atoms with van der Waals surface area (Å²) >= 11 is 1.76. The summed E-state index contributed by atoms with van der Waals surface area (Å²) in [6.07, 6.45) is -4.11. The molecule has 1 aliphatic heterocycles. The van der Waals surface area contributed by atoms with Gasteiger partial charge in [0.15, 0.2) is 4.34 Å². The van der Waals surface area contributed by atoms with Crippen LogP contribution >= 0.6 is 23.1 Å². The van der Waals surface area contributed by atoms with E-state index in [1.54, 1.807) is 37.3 Å². The SMILES string of the molecule is CCC1(c2ccccc2)NC(=O)N(NC(=O)CSc2nnc(NCC(F)(F)F)s2)C1=O. The number of halogens is 3. The molecular weight excluding hydrogens is 457 g/mol. The molecule has 1 fully saturated rings. The van der Waals surface area contributed by atoms with Crippen molar-refractivity contribution in [1.82, 2.24) is 25.9 Å². The highest BCUT2D eigenvalue weighted by Crippen LogP contribution is 2.32. The average Bonchev–Trinajstić information content (AvgIpc) is 3.29. The normalized spacial score (nSPS) is 18.8. The smallest absolute Gasteiger partial charge is 0.351 e. The van der Waals surface area contributed by atoms with Crippen LogP contribution in [0, 0.1) is 0 Å². The first kappa shape index (κ1) is 22.8. The maximum Gasteiger partial charge on any atom is 0.405 e. The van der Waals surface area contributed by atoms with Crippen LogP contribution in [-0.4, -0.2) is 51.5 Å². The van der Waals surface area contributed by atoms with Crippen molar-refractivity contribution in [3.8, 4) is 0 Å². The van der Waals surface area contributed by atoms with Crippen molar-refractivity contribution in [1.29, 1.82) is 0 Å². The largest absolute Gasteiger partial charge is 0.405 e. The van der Waals surface area contributed by atoms with Gasteiger partial charge >= 0.3 is 12.2 Å². The van der Waals surface area contributed by atoms with E-state index in [0.29, 0.717) is 10.6 Å². The van der Waals surface area contributed by atoms with Crippen molar-refractivity contribution < 1.29 is 27.6 Å². The fourth-order valence-electron chi connectivity index (χ4n) is 2.84. The van der Waals surface area contributed by atoms with E-state index < -0.39 is 36.1 Å². The predicted molar refractivity (Wildman–Crippen MR) is 107 cm³/mol. The van der Waals surface area contributed by atoms with E-state index in [1.807, 2.05) is 0 Å². The van der Waals surface area contributed by atoms with Gasteiger partial charge in [0.2, 0.25) is 11.0 Å². The zero-order chi connectivity index (χ0) is 22.6. The summed E-state index contributed by atoms with van der Waals surface area (Å²) in [6, 6.07) is 7.92. The van der Waals surface area contributed by atoms with Gasteiger partial charge in [0.1, 0.15) is 12.1 Å². The highest BCUT2D eigenvalue weighted by molar-refractivity contribution is 8.01. The third-order valence-electron chi connectivity index (χ3n) is 4.30. The standard InChI is InChI=1S/C17H17F3N6O3S2/c1-2-16(10-6-4-3-5-7-10)12(28)26(14(29)22-16)25-11(27)8-30-15-24-23-13(31-15)21-9-17(18,19)20/h3-7H,2,8-9H2,1H3,(H,21,23)(H,22,29)(H,25,27). The van der Waals surface area contributed by atoms with Crippen molar-refractivity contribution >= 4 is 46.1 Å². The zero-order valence-electron chi connectivity index (χ0n) is 16.0. The monoisotopic (exact) mass is 474 g/mol. The lowest BCUT2D eigenvalue weighted by atomic mass is 9.87. The molecule has 3 rings (SSSR count). The van der Waals surface area contributed by atoms with Crippen LogP contribution in [0.1, 0.15) is 18.9 Å². The topological polar surface area (TPSA) is 116 Å². The number of benzene rings is 1. The minimum Gasteiger partial charge on any atom is -0.351 e. The molecule has 166 valence electrons. The third kappa shape index (κ3) is 5.25. The van der Waals surface area contributed by atoms with Crippen LogP contribution in [0.2, 0.25) is 0 Å². The first-order valence-corrected chi connectivity index (χ1v) is 10.7. The maximum atomic E-state index is 12.9. The molecule has 2 heterocycles. The molecule has 1 aromatic carbocycles. The van der Waals surface area contributed by atoms with Crippen LogP contribution in [-0.2, 0) is 15.1 Å². The fourth-order valence-corrected chi connectivity index (χ4v) is 4.38. The maximum absolute atomic E-state index is 12.9. The third-order valence-corrected chi connectivity index (χ3v) is 6.31. The van der Waals surface area contributed by atoms with Crippen molar-refractivity contribution in [2.24, 2.45) is 0 Å². The molecule has 31 heavy (non-hydrogen) atoms. The number of aromatic nitrogens is 2. The number of amides is 4. The number of alkyl halides is 3. The quantitative estimate of drug-likeness (QED) is 0.398. The van der Waals surface area contributed by atoms with Gasteiger partial charge in [-0.05, 0) is 12.0 Å². The highest BCUT2D eigenvalue weighted by Gasteiger charge is 2.52. The number of hydrogen-bond donors (Lipinski definition) is 3. The summed E-state index contributed by atoms with van der Waals surface area (Å²) in [4.78, 5) is 37.5. The Morgan fingerprint density at radius 3 is 2.61 bits per heavy atom. The van der Waals surface area contributed by atoms with Gasteiger partial charge in [-0.15, -0.1) is 10.2 Å². The molecule has 1 saturated heterocycles. The van der Waals surface area contributed by atoms with E-state index in [1.165, 1.54) is 0 Å². The number of carbonyl (C=O) groups is 3. The molecule has 2 aromatic rings. The second-order valence-corrected chi connectivity index (χ2v) is 8.56. The number of carbonyl (C=O) groups excluding carboxylic acids is 3. The van der Waals surface area contributed by atoms with Gasteiger partial charge in [-0.3, -0.25) is 15.0 Å². The second kappa shape index (κ2) is 9.09.